The summed E-state index contributed by atoms with van der Waals surface area (Å²) in [5.41, 5.74) is 7.30. The van der Waals surface area contributed by atoms with Crippen LogP contribution in [-0.4, -0.2) is 16.0 Å². The lowest BCUT2D eigenvalue weighted by molar-refractivity contribution is 0.318. The fraction of sp³-hybridized carbons (Fsp3) is 0.0769. The first-order chi connectivity index (χ1) is 8.70. The average molecular weight is 259 g/mol. The van der Waals surface area contributed by atoms with Crippen LogP contribution in [0.1, 0.15) is 11.3 Å². The zero-order valence-corrected chi connectivity index (χ0v) is 10.7. The molecule has 1 aromatic carbocycles. The predicted molar refractivity (Wildman–Crippen MR) is 72.0 cm³/mol. The third-order valence-electron chi connectivity index (χ3n) is 2.37. The molecule has 0 aliphatic rings. The molecule has 0 radical (unpaired) electrons. The second-order valence-electron chi connectivity index (χ2n) is 3.75. The third-order valence-corrected chi connectivity index (χ3v) is 3.43. The Morgan fingerprint density at radius 2 is 2.00 bits per heavy atom. The smallest absolute Gasteiger partial charge is 0.189 e. The van der Waals surface area contributed by atoms with Crippen LogP contribution in [0.25, 0.3) is 0 Å². The van der Waals surface area contributed by atoms with E-state index in [1.165, 1.54) is 17.3 Å². The normalized spacial score (nSPS) is 11.5. The van der Waals surface area contributed by atoms with Crippen molar-refractivity contribution < 1.29 is 5.21 Å². The summed E-state index contributed by atoms with van der Waals surface area (Å²) in [6.07, 6.45) is 1.62. The van der Waals surface area contributed by atoms with Crippen LogP contribution >= 0.6 is 11.8 Å². The molecule has 2 rings (SSSR count). The Bertz CT molecular complexity index is 567. The minimum absolute atomic E-state index is 0.0187. The van der Waals surface area contributed by atoms with E-state index in [9.17, 15) is 0 Å². The Hall–Kier alpha value is -2.01. The van der Waals surface area contributed by atoms with Crippen LogP contribution in [0, 0.1) is 6.92 Å². The highest BCUT2D eigenvalue weighted by molar-refractivity contribution is 7.99. The van der Waals surface area contributed by atoms with Crippen molar-refractivity contribution in [3.8, 4) is 0 Å². The zero-order valence-electron chi connectivity index (χ0n) is 9.87. The molecule has 18 heavy (non-hydrogen) atoms. The number of hydrogen-bond donors (Lipinski definition) is 2. The summed E-state index contributed by atoms with van der Waals surface area (Å²) in [6.45, 7) is 2.04. The Balaban J connectivity index is 2.32. The van der Waals surface area contributed by atoms with Gasteiger partial charge in [0.05, 0.1) is 0 Å². The van der Waals surface area contributed by atoms with Crippen molar-refractivity contribution in [2.75, 3.05) is 0 Å². The van der Waals surface area contributed by atoms with Gasteiger partial charge >= 0.3 is 0 Å². The van der Waals surface area contributed by atoms with Gasteiger partial charge in [-0.05, 0) is 31.2 Å². The Labute approximate surface area is 110 Å². The zero-order chi connectivity index (χ0) is 13.0. The number of rotatable bonds is 3. The molecule has 1 aromatic heterocycles. The van der Waals surface area contributed by atoms with E-state index < -0.39 is 0 Å². The number of benzene rings is 1. The molecule has 0 saturated heterocycles. The molecule has 1 heterocycles. The minimum Gasteiger partial charge on any atom is -0.409 e. The van der Waals surface area contributed by atoms with Crippen molar-refractivity contribution in [3.05, 3.63) is 53.9 Å². The van der Waals surface area contributed by atoms with E-state index in [2.05, 4.69) is 10.1 Å². The molecule has 0 aliphatic carbocycles. The molecule has 0 aliphatic heterocycles. The summed E-state index contributed by atoms with van der Waals surface area (Å²) in [7, 11) is 0. The van der Waals surface area contributed by atoms with Crippen LogP contribution in [0.3, 0.4) is 0 Å². The molecule has 4 nitrogen and oxygen atoms in total. The topological polar surface area (TPSA) is 71.5 Å². The van der Waals surface area contributed by atoms with Gasteiger partial charge in [-0.15, -0.1) is 0 Å². The number of oxime groups is 1. The summed E-state index contributed by atoms with van der Waals surface area (Å²) in [5.74, 6) is 0.0187. The Morgan fingerprint density at radius 3 is 2.67 bits per heavy atom. The van der Waals surface area contributed by atoms with Gasteiger partial charge < -0.3 is 10.9 Å². The molecule has 5 heteroatoms. The lowest BCUT2D eigenvalue weighted by atomic mass is 10.2. The Morgan fingerprint density at radius 1 is 1.28 bits per heavy atom. The second-order valence-corrected chi connectivity index (χ2v) is 4.87. The van der Waals surface area contributed by atoms with E-state index in [4.69, 9.17) is 10.9 Å². The molecule has 0 unspecified atom stereocenters. The summed E-state index contributed by atoms with van der Waals surface area (Å²) < 4.78 is 0. The molecular weight excluding hydrogens is 246 g/mol. The van der Waals surface area contributed by atoms with Crippen LogP contribution in [0.15, 0.2) is 57.5 Å². The number of aryl methyl sites for hydroxylation is 1. The predicted octanol–water partition coefficient (Wildman–Crippen LogP) is 2.64. The molecule has 3 N–H and O–H groups in total. The van der Waals surface area contributed by atoms with Crippen molar-refractivity contribution in [2.24, 2.45) is 10.9 Å². The second kappa shape index (κ2) is 5.55. The molecule has 0 spiro atoms. The number of nitrogens with zero attached hydrogens (tertiary/aromatic N) is 2. The number of aromatic nitrogens is 1. The largest absolute Gasteiger partial charge is 0.409 e. The van der Waals surface area contributed by atoms with Gasteiger partial charge in [-0.2, -0.15) is 0 Å². The van der Waals surface area contributed by atoms with E-state index in [1.807, 2.05) is 43.3 Å². The monoisotopic (exact) mass is 259 g/mol. The van der Waals surface area contributed by atoms with Gasteiger partial charge in [-0.25, -0.2) is 0 Å². The number of amidine groups is 1. The molecule has 2 aromatic rings. The molecule has 0 saturated carbocycles. The van der Waals surface area contributed by atoms with Crippen molar-refractivity contribution >= 4 is 17.6 Å². The maximum atomic E-state index is 8.73. The lowest BCUT2D eigenvalue weighted by Gasteiger charge is -2.06. The summed E-state index contributed by atoms with van der Waals surface area (Å²) in [5, 5.41) is 11.7. The summed E-state index contributed by atoms with van der Waals surface area (Å²) in [4.78, 5) is 6.07. The van der Waals surface area contributed by atoms with Crippen molar-refractivity contribution in [2.45, 2.75) is 16.7 Å². The maximum Gasteiger partial charge on any atom is 0.189 e. The van der Waals surface area contributed by atoms with Gasteiger partial charge in [-0.3, -0.25) is 4.98 Å². The highest BCUT2D eigenvalue weighted by Gasteiger charge is 2.09. The highest BCUT2D eigenvalue weighted by atomic mass is 32.2. The van der Waals surface area contributed by atoms with Crippen molar-refractivity contribution in [1.29, 1.82) is 0 Å². The summed E-state index contributed by atoms with van der Waals surface area (Å²) in [6, 6.07) is 11.9. The molecule has 0 fully saturated rings. The van der Waals surface area contributed by atoms with Gasteiger partial charge in [0.1, 0.15) is 5.69 Å². The van der Waals surface area contributed by atoms with Crippen LogP contribution in [0.5, 0.6) is 0 Å². The minimum atomic E-state index is 0.0187. The first kappa shape index (κ1) is 12.4. The van der Waals surface area contributed by atoms with Crippen molar-refractivity contribution in [1.82, 2.24) is 4.98 Å². The van der Waals surface area contributed by atoms with E-state index in [-0.39, 0.29) is 5.84 Å². The first-order valence-corrected chi connectivity index (χ1v) is 6.20. The van der Waals surface area contributed by atoms with Gasteiger partial charge in [0.2, 0.25) is 0 Å². The maximum absolute atomic E-state index is 8.73. The fourth-order valence-corrected chi connectivity index (χ4v) is 2.37. The first-order valence-electron chi connectivity index (χ1n) is 5.38. The molecular formula is C13H13N3OS. The van der Waals surface area contributed by atoms with Crippen LogP contribution in [-0.2, 0) is 0 Å². The van der Waals surface area contributed by atoms with Crippen molar-refractivity contribution in [3.63, 3.8) is 0 Å². The lowest BCUT2D eigenvalue weighted by Crippen LogP contribution is -2.15. The van der Waals surface area contributed by atoms with Crippen LogP contribution in [0.2, 0.25) is 0 Å². The van der Waals surface area contributed by atoms with E-state index in [0.29, 0.717) is 5.69 Å². The van der Waals surface area contributed by atoms with E-state index in [0.717, 1.165) is 9.79 Å². The van der Waals surface area contributed by atoms with Crippen LogP contribution < -0.4 is 5.73 Å². The van der Waals surface area contributed by atoms with E-state index >= 15 is 0 Å². The summed E-state index contributed by atoms with van der Waals surface area (Å²) >= 11 is 1.53. The van der Waals surface area contributed by atoms with Gasteiger partial charge in [0.25, 0.3) is 0 Å². The number of hydrogen-bond acceptors (Lipinski definition) is 4. The third kappa shape index (κ3) is 2.81. The molecule has 0 amide bonds. The van der Waals surface area contributed by atoms with E-state index in [1.54, 1.807) is 6.20 Å². The molecule has 0 atom stereocenters. The van der Waals surface area contributed by atoms with Gasteiger partial charge in [0.15, 0.2) is 5.84 Å². The van der Waals surface area contributed by atoms with Gasteiger partial charge in [0, 0.05) is 16.0 Å². The number of nitrogens with two attached hydrogens (primary N) is 1. The average Bonchev–Trinajstić information content (AvgIpc) is 2.41. The molecule has 0 bridgehead atoms. The highest BCUT2D eigenvalue weighted by Crippen LogP contribution is 2.29. The number of pyridine rings is 1. The van der Waals surface area contributed by atoms with Crippen LogP contribution in [0.4, 0.5) is 0 Å². The SMILES string of the molecule is Cc1ccc(Sc2cccnc2/C(N)=N/O)cc1. The Kier molecular flexibility index (Phi) is 3.84. The quantitative estimate of drug-likeness (QED) is 0.385. The molecule has 92 valence electrons. The fourth-order valence-electron chi connectivity index (χ4n) is 1.45. The standard InChI is InChI=1S/C13H13N3OS/c1-9-4-6-10(7-5-9)18-11-3-2-8-15-12(11)13(14)16-17/h2-8,17H,1H3,(H2,14,16). The van der Waals surface area contributed by atoms with Gasteiger partial charge in [-0.1, -0.05) is 34.6 Å².